The zero-order chi connectivity index (χ0) is 15.8. The van der Waals surface area contributed by atoms with E-state index in [-0.39, 0.29) is 11.3 Å². The number of anilines is 1. The van der Waals surface area contributed by atoms with Crippen molar-refractivity contribution in [1.29, 1.82) is 0 Å². The van der Waals surface area contributed by atoms with Gasteiger partial charge in [-0.2, -0.15) is 17.0 Å². The summed E-state index contributed by atoms with van der Waals surface area (Å²) in [5.41, 5.74) is -0.180. The van der Waals surface area contributed by atoms with E-state index >= 15 is 0 Å². The summed E-state index contributed by atoms with van der Waals surface area (Å²) in [5.74, 6) is 1.02. The number of nitrogens with zero attached hydrogens (tertiary/aromatic N) is 3. The second kappa shape index (κ2) is 5.77. The van der Waals surface area contributed by atoms with Crippen LogP contribution in [0.1, 0.15) is 0 Å². The van der Waals surface area contributed by atoms with E-state index in [1.54, 1.807) is 24.6 Å². The first kappa shape index (κ1) is 15.7. The molecule has 0 aromatic carbocycles. The van der Waals surface area contributed by atoms with Crippen LogP contribution in [0.5, 0.6) is 0 Å². The summed E-state index contributed by atoms with van der Waals surface area (Å²) in [4.78, 5) is 4.25. The highest BCUT2D eigenvalue weighted by molar-refractivity contribution is 7.86. The summed E-state index contributed by atoms with van der Waals surface area (Å²) >= 11 is 0. The van der Waals surface area contributed by atoms with Crippen molar-refractivity contribution < 1.29 is 13.2 Å². The van der Waals surface area contributed by atoms with Gasteiger partial charge in [0, 0.05) is 51.3 Å². The maximum Gasteiger partial charge on any atom is 0.281 e. The van der Waals surface area contributed by atoms with Crippen LogP contribution >= 0.6 is 0 Å². The van der Waals surface area contributed by atoms with Crippen LogP contribution in [0.3, 0.4) is 0 Å². The van der Waals surface area contributed by atoms with Gasteiger partial charge in [-0.15, -0.1) is 0 Å². The number of nitrogens with one attached hydrogen (secondary N) is 1. The molecule has 0 spiro atoms. The average Bonchev–Trinajstić information content (AvgIpc) is 3.03. The van der Waals surface area contributed by atoms with Gasteiger partial charge in [0.15, 0.2) is 0 Å². The van der Waals surface area contributed by atoms with Crippen molar-refractivity contribution in [1.82, 2.24) is 13.6 Å². The molecule has 3 heterocycles. The van der Waals surface area contributed by atoms with Crippen LogP contribution < -0.4 is 5.32 Å². The number of aromatic nitrogens is 1. The smallest absolute Gasteiger partial charge is 0.281 e. The number of hydrogen-bond acceptors (Lipinski definition) is 5. The third-order valence-corrected chi connectivity index (χ3v) is 6.42. The molecule has 2 aliphatic heterocycles. The van der Waals surface area contributed by atoms with Crippen LogP contribution in [0.15, 0.2) is 24.4 Å². The van der Waals surface area contributed by atoms with E-state index in [1.165, 1.54) is 4.31 Å². The zero-order valence-corrected chi connectivity index (χ0v) is 13.7. The van der Waals surface area contributed by atoms with Gasteiger partial charge in [0.05, 0.1) is 13.2 Å². The molecule has 1 aromatic heterocycles. The summed E-state index contributed by atoms with van der Waals surface area (Å²) in [7, 11) is -0.236. The van der Waals surface area contributed by atoms with E-state index in [4.69, 9.17) is 4.74 Å². The lowest BCUT2D eigenvalue weighted by Crippen LogP contribution is -2.42. The second-order valence-corrected chi connectivity index (χ2v) is 8.37. The lowest BCUT2D eigenvalue weighted by molar-refractivity contribution is 0.146. The van der Waals surface area contributed by atoms with E-state index in [0.717, 1.165) is 5.82 Å². The summed E-state index contributed by atoms with van der Waals surface area (Å²) < 4.78 is 33.2. The van der Waals surface area contributed by atoms with Crippen molar-refractivity contribution >= 4 is 16.0 Å². The number of ether oxygens (including phenoxy) is 1. The molecule has 0 bridgehead atoms. The number of rotatable bonds is 5. The van der Waals surface area contributed by atoms with Crippen LogP contribution in [0.25, 0.3) is 0 Å². The first-order valence-corrected chi connectivity index (χ1v) is 8.74. The molecule has 0 aliphatic carbocycles. The van der Waals surface area contributed by atoms with Crippen LogP contribution in [-0.2, 0) is 14.9 Å². The fourth-order valence-corrected chi connectivity index (χ4v) is 4.42. The Balaban J connectivity index is 1.74. The molecule has 0 saturated carbocycles. The predicted molar refractivity (Wildman–Crippen MR) is 83.6 cm³/mol. The van der Waals surface area contributed by atoms with Crippen molar-refractivity contribution in [3.63, 3.8) is 0 Å². The molecule has 7 nitrogen and oxygen atoms in total. The fourth-order valence-electron chi connectivity index (χ4n) is 3.17. The van der Waals surface area contributed by atoms with Crippen LogP contribution in [-0.4, -0.2) is 69.0 Å². The number of hydrogen-bond donors (Lipinski definition) is 1. The Kier molecular flexibility index (Phi) is 4.11. The van der Waals surface area contributed by atoms with Gasteiger partial charge in [-0.3, -0.25) is 0 Å². The van der Waals surface area contributed by atoms with Crippen molar-refractivity contribution in [2.75, 3.05) is 52.3 Å². The second-order valence-electron chi connectivity index (χ2n) is 6.23. The maximum atomic E-state index is 12.4. The van der Waals surface area contributed by atoms with E-state index in [0.29, 0.717) is 32.8 Å². The molecule has 2 fully saturated rings. The van der Waals surface area contributed by atoms with Crippen molar-refractivity contribution in [3.05, 3.63) is 24.4 Å². The lowest BCUT2D eigenvalue weighted by Gasteiger charge is -2.28. The molecular formula is C14H22N4O3S. The van der Waals surface area contributed by atoms with Gasteiger partial charge >= 0.3 is 0 Å². The third-order valence-electron chi connectivity index (χ3n) is 4.56. The van der Waals surface area contributed by atoms with E-state index in [2.05, 4.69) is 10.3 Å². The SMILES string of the molecule is CN(C)S(=O)(=O)N1C[C@@H]2COC[C@]2(CNc2ccccn2)C1. The minimum absolute atomic E-state index is 0.180. The largest absolute Gasteiger partial charge is 0.380 e. The molecule has 22 heavy (non-hydrogen) atoms. The first-order valence-electron chi connectivity index (χ1n) is 7.34. The normalized spacial score (nSPS) is 29.0. The van der Waals surface area contributed by atoms with Crippen molar-refractivity contribution in [2.45, 2.75) is 0 Å². The minimum atomic E-state index is -3.37. The van der Waals surface area contributed by atoms with E-state index in [9.17, 15) is 8.42 Å². The van der Waals surface area contributed by atoms with Gasteiger partial charge in [0.1, 0.15) is 5.82 Å². The minimum Gasteiger partial charge on any atom is -0.380 e. The highest BCUT2D eigenvalue weighted by Gasteiger charge is 2.53. The van der Waals surface area contributed by atoms with Gasteiger partial charge in [-0.1, -0.05) is 6.07 Å². The molecule has 2 aliphatic rings. The fraction of sp³-hybridized carbons (Fsp3) is 0.643. The molecule has 0 unspecified atom stereocenters. The molecule has 2 saturated heterocycles. The van der Waals surface area contributed by atoms with Crippen LogP contribution in [0.4, 0.5) is 5.82 Å². The Morgan fingerprint density at radius 2 is 2.32 bits per heavy atom. The average molecular weight is 326 g/mol. The van der Waals surface area contributed by atoms with Crippen molar-refractivity contribution in [2.24, 2.45) is 11.3 Å². The molecule has 2 atom stereocenters. The van der Waals surface area contributed by atoms with Gasteiger partial charge in [0.25, 0.3) is 10.2 Å². The highest BCUT2D eigenvalue weighted by Crippen LogP contribution is 2.42. The predicted octanol–water partition coefficient (Wildman–Crippen LogP) is 0.248. The Morgan fingerprint density at radius 1 is 1.50 bits per heavy atom. The summed E-state index contributed by atoms with van der Waals surface area (Å²) in [6.07, 6.45) is 1.74. The monoisotopic (exact) mass is 326 g/mol. The first-order chi connectivity index (χ1) is 10.4. The molecule has 3 rings (SSSR count). The molecule has 122 valence electrons. The highest BCUT2D eigenvalue weighted by atomic mass is 32.2. The van der Waals surface area contributed by atoms with Gasteiger partial charge in [-0.25, -0.2) is 4.98 Å². The maximum absolute atomic E-state index is 12.4. The Bertz CT molecular complexity index is 622. The molecular weight excluding hydrogens is 304 g/mol. The molecule has 8 heteroatoms. The van der Waals surface area contributed by atoms with Gasteiger partial charge < -0.3 is 10.1 Å². The summed E-state index contributed by atoms with van der Waals surface area (Å²) in [6.45, 7) is 2.86. The van der Waals surface area contributed by atoms with E-state index in [1.807, 2.05) is 18.2 Å². The standard InChI is InChI=1S/C14H22N4O3S/c1-17(2)22(19,20)18-7-12-8-21-11-14(12,10-18)9-16-13-5-3-4-6-15-13/h3-6,12H,7-11H2,1-2H3,(H,15,16)/t12-,14+/m1/s1. The lowest BCUT2D eigenvalue weighted by atomic mass is 9.81. The summed E-state index contributed by atoms with van der Waals surface area (Å²) in [6, 6.07) is 5.70. The number of pyridine rings is 1. The molecule has 1 aromatic rings. The van der Waals surface area contributed by atoms with E-state index < -0.39 is 10.2 Å². The topological polar surface area (TPSA) is 74.8 Å². The van der Waals surface area contributed by atoms with Gasteiger partial charge in [-0.05, 0) is 12.1 Å². The molecule has 0 radical (unpaired) electrons. The summed E-state index contributed by atoms with van der Waals surface area (Å²) in [5, 5.41) is 3.32. The Labute approximate surface area is 131 Å². The van der Waals surface area contributed by atoms with Crippen LogP contribution in [0, 0.1) is 11.3 Å². The Morgan fingerprint density at radius 3 is 3.00 bits per heavy atom. The van der Waals surface area contributed by atoms with Crippen molar-refractivity contribution in [3.8, 4) is 0 Å². The van der Waals surface area contributed by atoms with Crippen LogP contribution in [0.2, 0.25) is 0 Å². The quantitative estimate of drug-likeness (QED) is 0.839. The number of fused-ring (bicyclic) bond motifs is 1. The third kappa shape index (κ3) is 2.71. The Hall–Kier alpha value is -1.22. The molecule has 0 amide bonds. The zero-order valence-electron chi connectivity index (χ0n) is 12.9. The van der Waals surface area contributed by atoms with Gasteiger partial charge in [0.2, 0.25) is 0 Å². The molecule has 1 N–H and O–H groups in total.